The molecule has 0 unspecified atom stereocenters. The molecule has 0 saturated heterocycles. The molecule has 1 N–H and O–H groups in total. The van der Waals surface area contributed by atoms with Gasteiger partial charge in [-0.05, 0) is 46.3 Å². The zero-order valence-electron chi connectivity index (χ0n) is 9.89. The van der Waals surface area contributed by atoms with Crippen molar-refractivity contribution in [2.24, 2.45) is 5.41 Å². The van der Waals surface area contributed by atoms with Crippen molar-refractivity contribution in [1.29, 1.82) is 0 Å². The van der Waals surface area contributed by atoms with E-state index in [-0.39, 0.29) is 0 Å². The minimum absolute atomic E-state index is 0.380. The normalized spacial score (nSPS) is 11.5. The topological polar surface area (TPSA) is 24.9 Å². The molecule has 84 valence electrons. The van der Waals surface area contributed by atoms with E-state index < -0.39 is 0 Å². The van der Waals surface area contributed by atoms with E-state index in [9.17, 15) is 0 Å². The molecule has 3 heteroatoms. The Morgan fingerprint density at radius 3 is 2.60 bits per heavy atom. The molecule has 1 rings (SSSR count). The highest BCUT2D eigenvalue weighted by Gasteiger charge is 2.09. The summed E-state index contributed by atoms with van der Waals surface area (Å²) < 4.78 is 0.920. The van der Waals surface area contributed by atoms with Crippen LogP contribution < -0.4 is 5.32 Å². The Kier molecular flexibility index (Phi) is 4.14. The van der Waals surface area contributed by atoms with Crippen LogP contribution in [0.25, 0.3) is 0 Å². The first-order valence-corrected chi connectivity index (χ1v) is 6.04. The van der Waals surface area contributed by atoms with E-state index in [1.54, 1.807) is 0 Å². The number of nitrogens with one attached hydrogen (secondary N) is 1. The van der Waals surface area contributed by atoms with Crippen LogP contribution >= 0.6 is 15.9 Å². The van der Waals surface area contributed by atoms with E-state index in [0.29, 0.717) is 5.41 Å². The lowest BCUT2D eigenvalue weighted by molar-refractivity contribution is 0.390. The van der Waals surface area contributed by atoms with Gasteiger partial charge in [0.25, 0.3) is 0 Å². The van der Waals surface area contributed by atoms with Crippen molar-refractivity contribution in [2.45, 2.75) is 34.1 Å². The Morgan fingerprint density at radius 2 is 2.07 bits per heavy atom. The highest BCUT2D eigenvalue weighted by Crippen LogP contribution is 2.20. The molecule has 0 aliphatic carbocycles. The van der Waals surface area contributed by atoms with Crippen LogP contribution in [0.3, 0.4) is 0 Å². The predicted octanol–water partition coefficient (Wildman–Crippen LogP) is 4.00. The number of halogens is 1. The molecule has 0 aliphatic rings. The first-order valence-electron chi connectivity index (χ1n) is 5.24. The highest BCUT2D eigenvalue weighted by molar-refractivity contribution is 9.10. The van der Waals surface area contributed by atoms with Gasteiger partial charge in [-0.2, -0.15) is 0 Å². The molecule has 0 bridgehead atoms. The van der Waals surface area contributed by atoms with Crippen molar-refractivity contribution in [3.8, 4) is 0 Å². The number of anilines is 1. The molecule has 1 aromatic heterocycles. The van der Waals surface area contributed by atoms with Crippen molar-refractivity contribution in [1.82, 2.24) is 4.98 Å². The molecule has 2 nitrogen and oxygen atoms in total. The SMILES string of the molecule is Cc1cc(NCCC(C)(C)C)cnc1Br. The molecule has 1 heterocycles. The number of hydrogen-bond acceptors (Lipinski definition) is 2. The molecule has 15 heavy (non-hydrogen) atoms. The lowest BCUT2D eigenvalue weighted by Crippen LogP contribution is -2.12. The second kappa shape index (κ2) is 4.97. The van der Waals surface area contributed by atoms with Crippen LogP contribution in [0.15, 0.2) is 16.9 Å². The van der Waals surface area contributed by atoms with Crippen LogP contribution in [-0.2, 0) is 0 Å². The zero-order valence-corrected chi connectivity index (χ0v) is 11.5. The third kappa shape index (κ3) is 4.65. The van der Waals surface area contributed by atoms with E-state index in [4.69, 9.17) is 0 Å². The third-order valence-corrected chi connectivity index (χ3v) is 3.05. The molecule has 0 aromatic carbocycles. The maximum atomic E-state index is 4.25. The summed E-state index contributed by atoms with van der Waals surface area (Å²) in [7, 11) is 0. The van der Waals surface area contributed by atoms with Crippen LogP contribution in [0.5, 0.6) is 0 Å². The Bertz CT molecular complexity index is 329. The summed E-state index contributed by atoms with van der Waals surface area (Å²) in [5.41, 5.74) is 2.64. The van der Waals surface area contributed by atoms with Gasteiger partial charge in [0.2, 0.25) is 0 Å². The summed E-state index contributed by atoms with van der Waals surface area (Å²) in [5.74, 6) is 0. The summed E-state index contributed by atoms with van der Waals surface area (Å²) in [6.07, 6.45) is 3.02. The van der Waals surface area contributed by atoms with Crippen LogP contribution in [-0.4, -0.2) is 11.5 Å². The molecule has 0 saturated carbocycles. The van der Waals surface area contributed by atoms with Crippen LogP contribution in [0, 0.1) is 12.3 Å². The van der Waals surface area contributed by atoms with E-state index in [2.05, 4.69) is 53.1 Å². The monoisotopic (exact) mass is 270 g/mol. The van der Waals surface area contributed by atoms with E-state index in [1.165, 1.54) is 0 Å². The average Bonchev–Trinajstić information content (AvgIpc) is 2.09. The maximum Gasteiger partial charge on any atom is 0.109 e. The van der Waals surface area contributed by atoms with Crippen molar-refractivity contribution in [2.75, 3.05) is 11.9 Å². The van der Waals surface area contributed by atoms with Crippen LogP contribution in [0.2, 0.25) is 0 Å². The first-order chi connectivity index (χ1) is 6.88. The molecular formula is C12H19BrN2. The van der Waals surface area contributed by atoms with E-state index in [1.807, 2.05) is 13.1 Å². The fourth-order valence-electron chi connectivity index (χ4n) is 1.24. The lowest BCUT2D eigenvalue weighted by Gasteiger charge is -2.18. The molecule has 0 amide bonds. The lowest BCUT2D eigenvalue weighted by atomic mass is 9.92. The van der Waals surface area contributed by atoms with Crippen molar-refractivity contribution in [3.05, 3.63) is 22.4 Å². The molecular weight excluding hydrogens is 252 g/mol. The van der Waals surface area contributed by atoms with E-state index in [0.717, 1.165) is 28.8 Å². The van der Waals surface area contributed by atoms with Gasteiger partial charge in [0.05, 0.1) is 11.9 Å². The Balaban J connectivity index is 2.48. The van der Waals surface area contributed by atoms with Gasteiger partial charge in [-0.25, -0.2) is 4.98 Å². The zero-order chi connectivity index (χ0) is 11.5. The number of aryl methyl sites for hydroxylation is 1. The van der Waals surface area contributed by atoms with Gasteiger partial charge in [0.1, 0.15) is 4.60 Å². The quantitative estimate of drug-likeness (QED) is 0.840. The Labute approximate surface area is 101 Å². The predicted molar refractivity (Wildman–Crippen MR) is 69.2 cm³/mol. The minimum atomic E-state index is 0.380. The number of aromatic nitrogens is 1. The standard InChI is InChI=1S/C12H19BrN2/c1-9-7-10(8-15-11(9)13)14-6-5-12(2,3)4/h7-8,14H,5-6H2,1-4H3. The van der Waals surface area contributed by atoms with Crippen molar-refractivity contribution >= 4 is 21.6 Å². The average molecular weight is 271 g/mol. The second-order valence-electron chi connectivity index (χ2n) is 5.07. The number of pyridine rings is 1. The molecule has 0 atom stereocenters. The second-order valence-corrected chi connectivity index (χ2v) is 5.82. The number of nitrogens with zero attached hydrogens (tertiary/aromatic N) is 1. The van der Waals surface area contributed by atoms with Gasteiger partial charge >= 0.3 is 0 Å². The van der Waals surface area contributed by atoms with Gasteiger partial charge in [0.15, 0.2) is 0 Å². The summed E-state index contributed by atoms with van der Waals surface area (Å²) in [5, 5.41) is 3.39. The molecule has 0 fully saturated rings. The van der Waals surface area contributed by atoms with Crippen LogP contribution in [0.4, 0.5) is 5.69 Å². The van der Waals surface area contributed by atoms with Gasteiger partial charge < -0.3 is 5.32 Å². The van der Waals surface area contributed by atoms with E-state index >= 15 is 0 Å². The van der Waals surface area contributed by atoms with Gasteiger partial charge in [-0.1, -0.05) is 20.8 Å². The number of rotatable bonds is 3. The Hall–Kier alpha value is -0.570. The number of hydrogen-bond donors (Lipinski definition) is 1. The Morgan fingerprint density at radius 1 is 1.40 bits per heavy atom. The van der Waals surface area contributed by atoms with Crippen molar-refractivity contribution in [3.63, 3.8) is 0 Å². The molecule has 1 aromatic rings. The highest BCUT2D eigenvalue weighted by atomic mass is 79.9. The molecule has 0 aliphatic heterocycles. The maximum absolute atomic E-state index is 4.25. The molecule has 0 spiro atoms. The summed E-state index contributed by atoms with van der Waals surface area (Å²) in [6.45, 7) is 9.79. The largest absolute Gasteiger partial charge is 0.384 e. The summed E-state index contributed by atoms with van der Waals surface area (Å²) in [6, 6.07) is 2.11. The minimum Gasteiger partial charge on any atom is -0.384 e. The van der Waals surface area contributed by atoms with Crippen molar-refractivity contribution < 1.29 is 0 Å². The first kappa shape index (κ1) is 12.5. The van der Waals surface area contributed by atoms with Crippen LogP contribution in [0.1, 0.15) is 32.8 Å². The fraction of sp³-hybridized carbons (Fsp3) is 0.583. The molecule has 0 radical (unpaired) electrons. The van der Waals surface area contributed by atoms with Gasteiger partial charge in [0, 0.05) is 6.54 Å². The summed E-state index contributed by atoms with van der Waals surface area (Å²) >= 11 is 3.39. The fourth-order valence-corrected chi connectivity index (χ4v) is 1.45. The smallest absolute Gasteiger partial charge is 0.109 e. The van der Waals surface area contributed by atoms with Gasteiger partial charge in [-0.3, -0.25) is 0 Å². The van der Waals surface area contributed by atoms with Gasteiger partial charge in [-0.15, -0.1) is 0 Å². The third-order valence-electron chi connectivity index (χ3n) is 2.22. The summed E-state index contributed by atoms with van der Waals surface area (Å²) in [4.78, 5) is 4.25.